The molecule has 0 aromatic heterocycles. The Morgan fingerprint density at radius 1 is 0.857 bits per heavy atom. The predicted octanol–water partition coefficient (Wildman–Crippen LogP) is 5.64. The first kappa shape index (κ1) is 21.1. The van der Waals surface area contributed by atoms with E-state index >= 15 is 0 Å². The molecule has 0 spiro atoms. The van der Waals surface area contributed by atoms with Crippen molar-refractivity contribution in [1.82, 2.24) is 0 Å². The van der Waals surface area contributed by atoms with E-state index in [1.54, 1.807) is 0 Å². The van der Waals surface area contributed by atoms with Gasteiger partial charge in [-0.1, -0.05) is 67.6 Å². The second-order valence-corrected chi connectivity index (χ2v) is 9.10. The van der Waals surface area contributed by atoms with E-state index in [0.717, 1.165) is 12.7 Å². The Bertz CT molecular complexity index is 729. The summed E-state index contributed by atoms with van der Waals surface area (Å²) in [5.74, 6) is 0. The molecule has 0 saturated carbocycles. The van der Waals surface area contributed by atoms with Gasteiger partial charge in [0.2, 0.25) is 0 Å². The van der Waals surface area contributed by atoms with E-state index in [0.29, 0.717) is 13.2 Å². The highest BCUT2D eigenvalue weighted by Crippen LogP contribution is 2.42. The predicted molar refractivity (Wildman–Crippen MR) is 115 cm³/mol. The third-order valence-corrected chi connectivity index (χ3v) is 6.30. The van der Waals surface area contributed by atoms with E-state index in [-0.39, 0.29) is 23.7 Å². The first-order chi connectivity index (χ1) is 13.2. The van der Waals surface area contributed by atoms with Crippen molar-refractivity contribution in [2.45, 2.75) is 70.6 Å². The van der Waals surface area contributed by atoms with Crippen LogP contribution < -0.4 is 0 Å². The van der Waals surface area contributed by atoms with Crippen LogP contribution in [0.5, 0.6) is 0 Å². The lowest BCUT2D eigenvalue weighted by molar-refractivity contribution is 0.00578. The minimum Gasteiger partial charge on any atom is -0.403 e. The molecule has 0 aliphatic carbocycles. The van der Waals surface area contributed by atoms with E-state index in [4.69, 9.17) is 14.0 Å². The molecule has 28 heavy (non-hydrogen) atoms. The Morgan fingerprint density at radius 2 is 1.39 bits per heavy atom. The second kappa shape index (κ2) is 8.40. The average molecular weight is 380 g/mol. The maximum Gasteiger partial charge on any atom is 0.458 e. The summed E-state index contributed by atoms with van der Waals surface area (Å²) in [6, 6.07) is 21.0. The fourth-order valence-electron chi connectivity index (χ4n) is 3.68. The van der Waals surface area contributed by atoms with Gasteiger partial charge in [-0.3, -0.25) is 0 Å². The van der Waals surface area contributed by atoms with Crippen LogP contribution in [-0.4, -0.2) is 24.9 Å². The van der Waals surface area contributed by atoms with Crippen molar-refractivity contribution in [3.8, 4) is 0 Å². The molecule has 1 aliphatic heterocycles. The highest BCUT2D eigenvalue weighted by molar-refractivity contribution is 6.45. The van der Waals surface area contributed by atoms with E-state index < -0.39 is 0 Å². The fourth-order valence-corrected chi connectivity index (χ4v) is 3.68. The largest absolute Gasteiger partial charge is 0.458 e. The third kappa shape index (κ3) is 4.86. The van der Waals surface area contributed by atoms with Crippen LogP contribution in [0.15, 0.2) is 60.7 Å². The van der Waals surface area contributed by atoms with E-state index in [1.807, 2.05) is 18.2 Å². The van der Waals surface area contributed by atoms with Crippen LogP contribution >= 0.6 is 0 Å². The first-order valence-corrected chi connectivity index (χ1v) is 10.2. The summed E-state index contributed by atoms with van der Waals surface area (Å²) in [6.07, 6.45) is 1.71. The molecule has 2 aromatic carbocycles. The Balaban J connectivity index is 1.66. The van der Waals surface area contributed by atoms with Crippen molar-refractivity contribution < 1.29 is 14.0 Å². The number of ether oxygens (including phenoxy) is 1. The standard InChI is InChI=1S/C24H33BO3/c1-22(2)23(3,4)28-25(27-22)19-24(5,21-14-10-7-11-15-21)16-17-26-18-20-12-8-6-9-13-20/h6-15H,16-19H2,1-5H3/t24-/m0/s1. The zero-order chi connectivity index (χ0) is 20.3. The van der Waals surface area contributed by atoms with Gasteiger partial charge in [-0.25, -0.2) is 0 Å². The lowest BCUT2D eigenvalue weighted by Gasteiger charge is -2.32. The molecule has 1 heterocycles. The highest BCUT2D eigenvalue weighted by Gasteiger charge is 2.52. The van der Waals surface area contributed by atoms with Crippen LogP contribution in [0.1, 0.15) is 52.2 Å². The van der Waals surface area contributed by atoms with Crippen LogP contribution in [0.2, 0.25) is 6.32 Å². The first-order valence-electron chi connectivity index (χ1n) is 10.2. The Labute approximate surface area is 170 Å². The van der Waals surface area contributed by atoms with Gasteiger partial charge < -0.3 is 14.0 Å². The van der Waals surface area contributed by atoms with Crippen LogP contribution in [0.4, 0.5) is 0 Å². The molecule has 0 amide bonds. The van der Waals surface area contributed by atoms with E-state index in [2.05, 4.69) is 77.1 Å². The zero-order valence-corrected chi connectivity index (χ0v) is 17.9. The summed E-state index contributed by atoms with van der Waals surface area (Å²) in [5, 5.41) is 0. The minimum absolute atomic E-state index is 0.0842. The molecule has 150 valence electrons. The molecule has 1 aliphatic rings. The van der Waals surface area contributed by atoms with Crippen molar-refractivity contribution in [2.24, 2.45) is 0 Å². The molecule has 0 unspecified atom stereocenters. The number of benzene rings is 2. The summed E-state index contributed by atoms with van der Waals surface area (Å²) in [7, 11) is -0.218. The molecule has 1 fully saturated rings. The molecule has 3 rings (SSSR count). The number of hydrogen-bond donors (Lipinski definition) is 0. The van der Waals surface area contributed by atoms with Crippen molar-refractivity contribution in [3.05, 3.63) is 71.8 Å². The summed E-state index contributed by atoms with van der Waals surface area (Å²) >= 11 is 0. The quantitative estimate of drug-likeness (QED) is 0.438. The Kier molecular flexibility index (Phi) is 6.33. The van der Waals surface area contributed by atoms with Gasteiger partial charge in [0.1, 0.15) is 0 Å². The maximum atomic E-state index is 6.29. The maximum absolute atomic E-state index is 6.29. The topological polar surface area (TPSA) is 27.7 Å². The smallest absolute Gasteiger partial charge is 0.403 e. The number of hydrogen-bond acceptors (Lipinski definition) is 3. The van der Waals surface area contributed by atoms with Crippen molar-refractivity contribution >= 4 is 7.12 Å². The summed E-state index contributed by atoms with van der Waals surface area (Å²) < 4.78 is 18.6. The van der Waals surface area contributed by atoms with Crippen LogP contribution in [-0.2, 0) is 26.1 Å². The van der Waals surface area contributed by atoms with Crippen LogP contribution in [0.25, 0.3) is 0 Å². The fraction of sp³-hybridized carbons (Fsp3) is 0.500. The molecule has 4 heteroatoms. The highest BCUT2D eigenvalue weighted by atomic mass is 16.7. The van der Waals surface area contributed by atoms with Crippen molar-refractivity contribution in [3.63, 3.8) is 0 Å². The Hall–Kier alpha value is -1.62. The van der Waals surface area contributed by atoms with Gasteiger partial charge in [0.25, 0.3) is 0 Å². The zero-order valence-electron chi connectivity index (χ0n) is 17.9. The van der Waals surface area contributed by atoms with Gasteiger partial charge in [0.05, 0.1) is 17.8 Å². The average Bonchev–Trinajstić information content (AvgIpc) is 2.86. The monoisotopic (exact) mass is 380 g/mol. The van der Waals surface area contributed by atoms with Gasteiger partial charge >= 0.3 is 7.12 Å². The SMILES string of the molecule is CC1(C)OB(C[C@](C)(CCOCc2ccccc2)c2ccccc2)OC1(C)C. The van der Waals surface area contributed by atoms with Crippen LogP contribution in [0.3, 0.4) is 0 Å². The molecular weight excluding hydrogens is 347 g/mol. The normalized spacial score (nSPS) is 20.1. The number of rotatable bonds is 8. The Morgan fingerprint density at radius 3 is 1.96 bits per heavy atom. The molecule has 2 aromatic rings. The van der Waals surface area contributed by atoms with Gasteiger partial charge in [-0.15, -0.1) is 0 Å². The van der Waals surface area contributed by atoms with Gasteiger partial charge in [-0.2, -0.15) is 0 Å². The van der Waals surface area contributed by atoms with Crippen molar-refractivity contribution in [1.29, 1.82) is 0 Å². The lowest BCUT2D eigenvalue weighted by Crippen LogP contribution is -2.41. The lowest BCUT2D eigenvalue weighted by atomic mass is 9.64. The third-order valence-electron chi connectivity index (χ3n) is 6.30. The molecular formula is C24H33BO3. The molecule has 1 atom stereocenters. The minimum atomic E-state index is -0.306. The summed E-state index contributed by atoms with van der Waals surface area (Å²) in [6.45, 7) is 12.1. The molecule has 0 radical (unpaired) electrons. The molecule has 0 N–H and O–H groups in total. The van der Waals surface area contributed by atoms with Gasteiger partial charge in [0, 0.05) is 6.61 Å². The summed E-state index contributed by atoms with van der Waals surface area (Å²) in [5.41, 5.74) is 1.81. The van der Waals surface area contributed by atoms with Gasteiger partial charge in [-0.05, 0) is 57.0 Å². The van der Waals surface area contributed by atoms with Crippen LogP contribution in [0, 0.1) is 0 Å². The molecule has 3 nitrogen and oxygen atoms in total. The van der Waals surface area contributed by atoms with E-state index in [9.17, 15) is 0 Å². The van der Waals surface area contributed by atoms with Gasteiger partial charge in [0.15, 0.2) is 0 Å². The van der Waals surface area contributed by atoms with E-state index in [1.165, 1.54) is 11.1 Å². The molecule has 1 saturated heterocycles. The van der Waals surface area contributed by atoms with Crippen molar-refractivity contribution in [2.75, 3.05) is 6.61 Å². The summed E-state index contributed by atoms with van der Waals surface area (Å²) in [4.78, 5) is 0. The second-order valence-electron chi connectivity index (χ2n) is 9.10. The molecule has 0 bridgehead atoms.